The maximum absolute atomic E-state index is 13.6. The van der Waals surface area contributed by atoms with Gasteiger partial charge < -0.3 is 20.5 Å². The number of aliphatic hydroxyl groups excluding tert-OH is 1. The molecule has 2 aromatic rings. The quantitative estimate of drug-likeness (QED) is 0.783. The Morgan fingerprint density at radius 1 is 1.30 bits per heavy atom. The molecule has 1 atom stereocenters. The van der Waals surface area contributed by atoms with E-state index in [1.807, 2.05) is 0 Å². The molecule has 0 aliphatic heterocycles. The van der Waals surface area contributed by atoms with Gasteiger partial charge in [0, 0.05) is 17.6 Å². The average Bonchev–Trinajstić information content (AvgIpc) is 2.55. The van der Waals surface area contributed by atoms with Gasteiger partial charge >= 0.3 is 6.03 Å². The molecule has 0 bridgehead atoms. The molecule has 3 N–H and O–H groups in total. The molecule has 0 heterocycles. The van der Waals surface area contributed by atoms with Gasteiger partial charge in [-0.05, 0) is 29.8 Å². The number of anilines is 1. The lowest BCUT2D eigenvalue weighted by Crippen LogP contribution is -2.32. The van der Waals surface area contributed by atoms with Gasteiger partial charge in [-0.3, -0.25) is 0 Å². The zero-order valence-electron chi connectivity index (χ0n) is 12.3. The van der Waals surface area contributed by atoms with Crippen molar-refractivity contribution in [2.45, 2.75) is 6.10 Å². The molecule has 122 valence electrons. The van der Waals surface area contributed by atoms with E-state index in [1.54, 1.807) is 24.3 Å². The highest BCUT2D eigenvalue weighted by molar-refractivity contribution is 6.30. The number of halogens is 2. The Kier molecular flexibility index (Phi) is 5.78. The van der Waals surface area contributed by atoms with Gasteiger partial charge in [-0.25, -0.2) is 9.18 Å². The lowest BCUT2D eigenvalue weighted by Gasteiger charge is -2.13. The number of benzene rings is 2. The van der Waals surface area contributed by atoms with E-state index in [2.05, 4.69) is 10.6 Å². The van der Waals surface area contributed by atoms with Crippen LogP contribution in [-0.2, 0) is 0 Å². The Morgan fingerprint density at radius 3 is 2.65 bits per heavy atom. The van der Waals surface area contributed by atoms with E-state index in [1.165, 1.54) is 25.3 Å². The highest BCUT2D eigenvalue weighted by atomic mass is 35.5. The van der Waals surface area contributed by atoms with Gasteiger partial charge in [-0.1, -0.05) is 23.7 Å². The fraction of sp³-hybridized carbons (Fsp3) is 0.188. The van der Waals surface area contributed by atoms with Crippen LogP contribution in [0.25, 0.3) is 0 Å². The Bertz CT molecular complexity index is 680. The van der Waals surface area contributed by atoms with Crippen LogP contribution >= 0.6 is 11.6 Å². The highest BCUT2D eigenvalue weighted by Gasteiger charge is 2.11. The molecule has 2 rings (SSSR count). The van der Waals surface area contributed by atoms with Crippen molar-refractivity contribution in [3.05, 3.63) is 58.9 Å². The molecule has 0 saturated carbocycles. The molecule has 0 aliphatic rings. The summed E-state index contributed by atoms with van der Waals surface area (Å²) < 4.78 is 18.6. The Hall–Kier alpha value is -2.31. The van der Waals surface area contributed by atoms with Gasteiger partial charge in [-0.2, -0.15) is 0 Å². The van der Waals surface area contributed by atoms with Gasteiger partial charge in [-0.15, -0.1) is 0 Å². The topological polar surface area (TPSA) is 70.6 Å². The van der Waals surface area contributed by atoms with Crippen LogP contribution in [0, 0.1) is 5.82 Å². The summed E-state index contributed by atoms with van der Waals surface area (Å²) in [4.78, 5) is 11.8. The van der Waals surface area contributed by atoms with Crippen molar-refractivity contribution < 1.29 is 19.0 Å². The van der Waals surface area contributed by atoms with Crippen molar-refractivity contribution in [1.29, 1.82) is 0 Å². The molecule has 5 nitrogen and oxygen atoms in total. The van der Waals surface area contributed by atoms with Crippen LogP contribution in [0.2, 0.25) is 5.02 Å². The predicted molar refractivity (Wildman–Crippen MR) is 86.4 cm³/mol. The molecule has 2 amide bonds. The van der Waals surface area contributed by atoms with E-state index in [0.717, 1.165) is 0 Å². The van der Waals surface area contributed by atoms with Crippen LogP contribution < -0.4 is 15.4 Å². The van der Waals surface area contributed by atoms with E-state index in [0.29, 0.717) is 16.3 Å². The van der Waals surface area contributed by atoms with Crippen molar-refractivity contribution in [1.82, 2.24) is 5.32 Å². The summed E-state index contributed by atoms with van der Waals surface area (Å²) >= 11 is 5.77. The number of methoxy groups -OCH3 is 1. The van der Waals surface area contributed by atoms with Crippen LogP contribution in [0.15, 0.2) is 42.5 Å². The standard InChI is InChI=1S/C16H16ClFN2O3/c1-23-12-6-7-13(18)14(8-12)20-16(22)19-9-15(21)10-2-4-11(17)5-3-10/h2-8,15,21H,9H2,1H3,(H2,19,20,22). The molecule has 7 heteroatoms. The van der Waals surface area contributed by atoms with Crippen molar-refractivity contribution in [2.24, 2.45) is 0 Å². The second kappa shape index (κ2) is 7.80. The fourth-order valence-corrected chi connectivity index (χ4v) is 2.01. The van der Waals surface area contributed by atoms with Gasteiger partial charge in [0.15, 0.2) is 0 Å². The van der Waals surface area contributed by atoms with Crippen LogP contribution in [0.1, 0.15) is 11.7 Å². The number of hydrogen-bond acceptors (Lipinski definition) is 3. The zero-order chi connectivity index (χ0) is 16.8. The van der Waals surface area contributed by atoms with Crippen molar-refractivity contribution in [3.8, 4) is 5.75 Å². The third kappa shape index (κ3) is 4.84. The number of hydrogen-bond donors (Lipinski definition) is 3. The van der Waals surface area contributed by atoms with Crippen molar-refractivity contribution in [2.75, 3.05) is 19.0 Å². The van der Waals surface area contributed by atoms with E-state index in [-0.39, 0.29) is 12.2 Å². The first-order valence-corrected chi connectivity index (χ1v) is 7.19. The van der Waals surface area contributed by atoms with Crippen LogP contribution in [-0.4, -0.2) is 24.8 Å². The minimum Gasteiger partial charge on any atom is -0.497 e. The summed E-state index contributed by atoms with van der Waals surface area (Å²) in [6.45, 7) is -0.0287. The summed E-state index contributed by atoms with van der Waals surface area (Å²) in [6, 6.07) is 9.98. The van der Waals surface area contributed by atoms with Crippen molar-refractivity contribution >= 4 is 23.3 Å². The number of carbonyl (C=O) groups is 1. The largest absolute Gasteiger partial charge is 0.497 e. The number of ether oxygens (including phenoxy) is 1. The Labute approximate surface area is 138 Å². The second-order valence-electron chi connectivity index (χ2n) is 4.75. The maximum Gasteiger partial charge on any atom is 0.319 e. The average molecular weight is 339 g/mol. The van der Waals surface area contributed by atoms with E-state index < -0.39 is 18.0 Å². The molecule has 0 aromatic heterocycles. The fourth-order valence-electron chi connectivity index (χ4n) is 1.89. The molecular formula is C16H16ClFN2O3. The number of aliphatic hydroxyl groups is 1. The maximum atomic E-state index is 13.6. The summed E-state index contributed by atoms with van der Waals surface area (Å²) in [5.74, 6) is -0.165. The lowest BCUT2D eigenvalue weighted by molar-refractivity contribution is 0.175. The Balaban J connectivity index is 1.91. The highest BCUT2D eigenvalue weighted by Crippen LogP contribution is 2.21. The number of nitrogens with one attached hydrogen (secondary N) is 2. The first-order valence-electron chi connectivity index (χ1n) is 6.81. The van der Waals surface area contributed by atoms with Gasteiger partial charge in [0.25, 0.3) is 0 Å². The van der Waals surface area contributed by atoms with Crippen LogP contribution in [0.5, 0.6) is 5.75 Å². The molecule has 0 aliphatic carbocycles. The molecule has 23 heavy (non-hydrogen) atoms. The number of carbonyl (C=O) groups excluding carboxylic acids is 1. The molecule has 0 saturated heterocycles. The summed E-state index contributed by atoms with van der Waals surface area (Å²) in [7, 11) is 1.44. The molecule has 0 spiro atoms. The van der Waals surface area contributed by atoms with E-state index >= 15 is 0 Å². The third-order valence-corrected chi connectivity index (χ3v) is 3.38. The lowest BCUT2D eigenvalue weighted by atomic mass is 10.1. The summed E-state index contributed by atoms with van der Waals surface area (Å²) in [6.07, 6.45) is -0.895. The molecule has 1 unspecified atom stereocenters. The molecule has 0 fully saturated rings. The van der Waals surface area contributed by atoms with Gasteiger partial charge in [0.2, 0.25) is 0 Å². The summed E-state index contributed by atoms with van der Waals surface area (Å²) in [5, 5.41) is 15.4. The number of amides is 2. The summed E-state index contributed by atoms with van der Waals surface area (Å²) in [5.41, 5.74) is 0.602. The molecule has 2 aromatic carbocycles. The van der Waals surface area contributed by atoms with Gasteiger partial charge in [0.05, 0.1) is 18.9 Å². The van der Waals surface area contributed by atoms with Crippen molar-refractivity contribution in [3.63, 3.8) is 0 Å². The molecule has 0 radical (unpaired) electrons. The minimum atomic E-state index is -0.895. The smallest absolute Gasteiger partial charge is 0.319 e. The van der Waals surface area contributed by atoms with Crippen LogP contribution in [0.3, 0.4) is 0 Å². The Morgan fingerprint density at radius 2 is 2.00 bits per heavy atom. The first-order chi connectivity index (χ1) is 11.0. The van der Waals surface area contributed by atoms with E-state index in [9.17, 15) is 14.3 Å². The molecular weight excluding hydrogens is 323 g/mol. The minimum absolute atomic E-state index is 0.0113. The SMILES string of the molecule is COc1ccc(F)c(NC(=O)NCC(O)c2ccc(Cl)cc2)c1. The second-order valence-corrected chi connectivity index (χ2v) is 5.18. The van der Waals surface area contributed by atoms with Crippen LogP contribution in [0.4, 0.5) is 14.9 Å². The van der Waals surface area contributed by atoms with E-state index in [4.69, 9.17) is 16.3 Å². The third-order valence-electron chi connectivity index (χ3n) is 3.13. The normalized spacial score (nSPS) is 11.7. The zero-order valence-corrected chi connectivity index (χ0v) is 13.1. The predicted octanol–water partition coefficient (Wildman–Crippen LogP) is 3.34. The number of rotatable bonds is 5. The van der Waals surface area contributed by atoms with Gasteiger partial charge in [0.1, 0.15) is 11.6 Å². The first kappa shape index (κ1) is 17.1. The monoisotopic (exact) mass is 338 g/mol. The number of urea groups is 1.